The molecule has 0 N–H and O–H groups in total. The molecule has 4 rings (SSSR count). The second kappa shape index (κ2) is 6.01. The molecule has 1 fully saturated rings. The van der Waals surface area contributed by atoms with Gasteiger partial charge in [-0.1, -0.05) is 60.7 Å². The lowest BCUT2D eigenvalue weighted by Crippen LogP contribution is -2.38. The first-order valence-corrected chi connectivity index (χ1v) is 7.94. The third-order valence-corrected chi connectivity index (χ3v) is 4.55. The molecule has 23 heavy (non-hydrogen) atoms. The van der Waals surface area contributed by atoms with Gasteiger partial charge in [-0.05, 0) is 6.08 Å². The van der Waals surface area contributed by atoms with Gasteiger partial charge in [0.15, 0.2) is 6.10 Å². The molecule has 1 saturated heterocycles. The quantitative estimate of drug-likeness (QED) is 0.813. The number of fused-ring (bicyclic) bond motifs is 1. The minimum Gasteiger partial charge on any atom is -0.482 e. The summed E-state index contributed by atoms with van der Waals surface area (Å²) >= 11 is 0. The molecule has 2 aliphatic rings. The largest absolute Gasteiger partial charge is 0.482 e. The van der Waals surface area contributed by atoms with Crippen LogP contribution >= 0.6 is 0 Å². The topological polar surface area (TPSA) is 35.5 Å². The highest BCUT2D eigenvalue weighted by molar-refractivity contribution is 6.00. The second-order valence-corrected chi connectivity index (χ2v) is 6.03. The van der Waals surface area contributed by atoms with E-state index < -0.39 is 6.10 Å². The predicted molar refractivity (Wildman–Crippen MR) is 87.9 cm³/mol. The van der Waals surface area contributed by atoms with Crippen LogP contribution in [0.5, 0.6) is 0 Å². The molecule has 2 aromatic carbocycles. The molecule has 3 nitrogen and oxygen atoms in total. The summed E-state index contributed by atoms with van der Waals surface area (Å²) in [6.07, 6.45) is 1.63. The van der Waals surface area contributed by atoms with Crippen molar-refractivity contribution in [3.63, 3.8) is 0 Å². The van der Waals surface area contributed by atoms with Crippen LogP contribution in [-0.4, -0.2) is 25.1 Å². The lowest BCUT2D eigenvalue weighted by atomic mass is 9.84. The number of ketones is 1. The van der Waals surface area contributed by atoms with Crippen LogP contribution in [0, 0.1) is 11.8 Å². The lowest BCUT2D eigenvalue weighted by Gasteiger charge is -2.32. The highest BCUT2D eigenvalue weighted by Gasteiger charge is 2.43. The van der Waals surface area contributed by atoms with E-state index in [2.05, 4.69) is 6.08 Å². The summed E-state index contributed by atoms with van der Waals surface area (Å²) in [4.78, 5) is 12.9. The number of carbonyl (C=O) groups is 1. The Morgan fingerprint density at radius 3 is 2.35 bits per heavy atom. The monoisotopic (exact) mass is 306 g/mol. The number of hydrogen-bond acceptors (Lipinski definition) is 3. The van der Waals surface area contributed by atoms with E-state index in [-0.39, 0.29) is 17.6 Å². The Bertz CT molecular complexity index is 721. The molecule has 0 amide bonds. The molecule has 3 heteroatoms. The number of ether oxygens (including phenoxy) is 2. The first kappa shape index (κ1) is 14.2. The Morgan fingerprint density at radius 1 is 0.913 bits per heavy atom. The third-order valence-electron chi connectivity index (χ3n) is 4.55. The van der Waals surface area contributed by atoms with Gasteiger partial charge in [0.05, 0.1) is 13.2 Å². The van der Waals surface area contributed by atoms with E-state index in [1.807, 2.05) is 60.7 Å². The van der Waals surface area contributed by atoms with E-state index in [0.717, 1.165) is 11.3 Å². The van der Waals surface area contributed by atoms with Crippen LogP contribution < -0.4 is 0 Å². The molecule has 2 aliphatic heterocycles. The van der Waals surface area contributed by atoms with Crippen LogP contribution in [0.4, 0.5) is 0 Å². The molecule has 2 aromatic rings. The fourth-order valence-corrected chi connectivity index (χ4v) is 3.31. The van der Waals surface area contributed by atoms with Crippen molar-refractivity contribution in [3.8, 4) is 0 Å². The van der Waals surface area contributed by atoms with Crippen molar-refractivity contribution < 1.29 is 14.3 Å². The van der Waals surface area contributed by atoms with E-state index in [4.69, 9.17) is 9.47 Å². The van der Waals surface area contributed by atoms with Gasteiger partial charge < -0.3 is 9.47 Å². The van der Waals surface area contributed by atoms with Crippen molar-refractivity contribution in [3.05, 3.63) is 77.9 Å². The summed E-state index contributed by atoms with van der Waals surface area (Å²) in [7, 11) is 0. The van der Waals surface area contributed by atoms with E-state index in [0.29, 0.717) is 18.8 Å². The van der Waals surface area contributed by atoms with Gasteiger partial charge in [0.25, 0.3) is 0 Å². The van der Waals surface area contributed by atoms with Gasteiger partial charge >= 0.3 is 0 Å². The molecular formula is C20H18O3. The number of carbonyl (C=O) groups excluding carboxylic acids is 1. The fraction of sp³-hybridized carbons (Fsp3) is 0.250. The molecule has 0 radical (unpaired) electrons. The number of benzene rings is 2. The molecule has 0 aliphatic carbocycles. The lowest BCUT2D eigenvalue weighted by molar-refractivity contribution is 0.0493. The molecule has 0 aromatic heterocycles. The van der Waals surface area contributed by atoms with Crippen LogP contribution in [-0.2, 0) is 9.47 Å². The van der Waals surface area contributed by atoms with Crippen molar-refractivity contribution in [2.24, 2.45) is 11.8 Å². The summed E-state index contributed by atoms with van der Waals surface area (Å²) in [5.41, 5.74) is 1.70. The van der Waals surface area contributed by atoms with Crippen LogP contribution in [0.3, 0.4) is 0 Å². The van der Waals surface area contributed by atoms with Crippen molar-refractivity contribution in [2.45, 2.75) is 6.10 Å². The fourth-order valence-electron chi connectivity index (χ4n) is 3.31. The van der Waals surface area contributed by atoms with Crippen LogP contribution in [0.1, 0.15) is 15.9 Å². The Balaban J connectivity index is 1.68. The molecule has 3 atom stereocenters. The Hall–Kier alpha value is -2.39. The summed E-state index contributed by atoms with van der Waals surface area (Å²) in [6, 6.07) is 19.3. The van der Waals surface area contributed by atoms with Crippen molar-refractivity contribution >= 4 is 11.5 Å². The molecule has 0 saturated carbocycles. The molecular weight excluding hydrogens is 288 g/mol. The average molecular weight is 306 g/mol. The zero-order chi connectivity index (χ0) is 15.6. The highest BCUT2D eigenvalue weighted by atomic mass is 16.5. The maximum Gasteiger partial charge on any atom is 0.203 e. The first-order chi connectivity index (χ1) is 11.3. The first-order valence-electron chi connectivity index (χ1n) is 7.94. The van der Waals surface area contributed by atoms with Gasteiger partial charge in [-0.2, -0.15) is 0 Å². The Kier molecular flexibility index (Phi) is 3.72. The minimum atomic E-state index is -0.481. The average Bonchev–Trinajstić information content (AvgIpc) is 3.10. The van der Waals surface area contributed by atoms with E-state index in [9.17, 15) is 4.79 Å². The normalized spacial score (nSPS) is 26.1. The van der Waals surface area contributed by atoms with E-state index >= 15 is 0 Å². The standard InChI is InChI=1S/C20H18O3/c21-19(15-9-5-2-6-10-15)20-17-13-22-12-16(17)11-18(23-20)14-7-3-1-4-8-14/h1-11,16-17,20H,12-13H2/t16-,17+,20-/m1/s1. The Labute approximate surface area is 135 Å². The maximum atomic E-state index is 12.9. The summed E-state index contributed by atoms with van der Waals surface area (Å²) in [5.74, 6) is 1.14. The Morgan fingerprint density at radius 2 is 1.61 bits per heavy atom. The molecule has 0 unspecified atom stereocenters. The van der Waals surface area contributed by atoms with Crippen LogP contribution in [0.25, 0.3) is 5.76 Å². The van der Waals surface area contributed by atoms with Crippen molar-refractivity contribution in [2.75, 3.05) is 13.2 Å². The van der Waals surface area contributed by atoms with Gasteiger partial charge in [0, 0.05) is 23.0 Å². The van der Waals surface area contributed by atoms with Gasteiger partial charge in [0.1, 0.15) is 5.76 Å². The minimum absolute atomic E-state index is 0.0348. The number of Topliss-reactive ketones (excluding diaryl/α,β-unsaturated/α-hetero) is 1. The van der Waals surface area contributed by atoms with Gasteiger partial charge in [0.2, 0.25) is 5.78 Å². The van der Waals surface area contributed by atoms with E-state index in [1.165, 1.54) is 0 Å². The maximum absolute atomic E-state index is 12.9. The SMILES string of the molecule is O=C(c1ccccc1)[C@@H]1OC(c2ccccc2)=C[C@@H]2COC[C@@H]21. The molecule has 116 valence electrons. The highest BCUT2D eigenvalue weighted by Crippen LogP contribution is 2.38. The van der Waals surface area contributed by atoms with Crippen LogP contribution in [0.2, 0.25) is 0 Å². The van der Waals surface area contributed by atoms with Crippen molar-refractivity contribution in [1.82, 2.24) is 0 Å². The van der Waals surface area contributed by atoms with Crippen molar-refractivity contribution in [1.29, 1.82) is 0 Å². The number of hydrogen-bond donors (Lipinski definition) is 0. The zero-order valence-corrected chi connectivity index (χ0v) is 12.7. The summed E-state index contributed by atoms with van der Waals surface area (Å²) in [5, 5.41) is 0. The van der Waals surface area contributed by atoms with Gasteiger partial charge in [-0.3, -0.25) is 4.79 Å². The van der Waals surface area contributed by atoms with Gasteiger partial charge in [-0.15, -0.1) is 0 Å². The summed E-state index contributed by atoms with van der Waals surface area (Å²) < 4.78 is 11.7. The molecule has 0 spiro atoms. The van der Waals surface area contributed by atoms with E-state index in [1.54, 1.807) is 0 Å². The number of rotatable bonds is 3. The van der Waals surface area contributed by atoms with Crippen LogP contribution in [0.15, 0.2) is 66.7 Å². The second-order valence-electron chi connectivity index (χ2n) is 6.03. The third kappa shape index (κ3) is 2.68. The van der Waals surface area contributed by atoms with Gasteiger partial charge in [-0.25, -0.2) is 0 Å². The zero-order valence-electron chi connectivity index (χ0n) is 12.7. The summed E-state index contributed by atoms with van der Waals surface area (Å²) in [6.45, 7) is 1.23. The smallest absolute Gasteiger partial charge is 0.203 e. The molecule has 2 heterocycles. The molecule has 0 bridgehead atoms. The predicted octanol–water partition coefficient (Wildman–Crippen LogP) is 3.57.